The number of carboxylic acid groups (broad SMARTS) is 1. The van der Waals surface area contributed by atoms with E-state index in [9.17, 15) is 9.59 Å². The van der Waals surface area contributed by atoms with Gasteiger partial charge >= 0.3 is 5.97 Å². The van der Waals surface area contributed by atoms with Crippen molar-refractivity contribution in [2.75, 3.05) is 27.7 Å². The van der Waals surface area contributed by atoms with Crippen LogP contribution in [0.3, 0.4) is 0 Å². The van der Waals surface area contributed by atoms with Gasteiger partial charge < -0.3 is 10.0 Å². The van der Waals surface area contributed by atoms with Crippen LogP contribution in [-0.2, 0) is 4.79 Å². The van der Waals surface area contributed by atoms with Crippen LogP contribution in [0.1, 0.15) is 0 Å². The molecule has 1 amide bonds. The van der Waals surface area contributed by atoms with Gasteiger partial charge in [0, 0.05) is 19.0 Å². The Bertz CT molecular complexity index is 184. The van der Waals surface area contributed by atoms with Crippen LogP contribution >= 0.6 is 11.9 Å². The number of hydrogen-bond acceptors (Lipinski definition) is 4. The van der Waals surface area contributed by atoms with Crippen LogP contribution in [0.4, 0.5) is 4.79 Å². The highest BCUT2D eigenvalue weighted by Crippen LogP contribution is 2.08. The lowest BCUT2D eigenvalue weighted by molar-refractivity contribution is -0.137. The third-order valence-corrected chi connectivity index (χ3v) is 1.78. The monoisotopic (exact) mass is 192 g/mol. The van der Waals surface area contributed by atoms with Gasteiger partial charge in [0.1, 0.15) is 6.54 Å². The zero-order valence-electron chi connectivity index (χ0n) is 7.27. The smallest absolute Gasteiger partial charge is 0.323 e. The zero-order chi connectivity index (χ0) is 9.72. The first-order valence-electron chi connectivity index (χ1n) is 3.25. The number of carbonyl (C=O) groups excluding carboxylic acids is 1. The summed E-state index contributed by atoms with van der Waals surface area (Å²) >= 11 is 0.962. The quantitative estimate of drug-likeness (QED) is 0.653. The molecule has 0 aromatic heterocycles. The number of nitrogens with zero attached hydrogens (tertiary/aromatic N) is 2. The Labute approximate surface area is 75.5 Å². The van der Waals surface area contributed by atoms with Crippen molar-refractivity contribution < 1.29 is 14.7 Å². The van der Waals surface area contributed by atoms with Crippen LogP contribution < -0.4 is 0 Å². The molecule has 0 saturated heterocycles. The summed E-state index contributed by atoms with van der Waals surface area (Å²) in [5.74, 6) is -1.01. The second-order valence-corrected chi connectivity index (χ2v) is 3.68. The molecular formula is C6H12N2O3S. The topological polar surface area (TPSA) is 60.9 Å². The zero-order valence-corrected chi connectivity index (χ0v) is 8.09. The number of amides is 1. The fourth-order valence-electron chi connectivity index (χ4n) is 0.493. The van der Waals surface area contributed by atoms with Crippen molar-refractivity contribution in [1.29, 1.82) is 0 Å². The Morgan fingerprint density at radius 1 is 1.33 bits per heavy atom. The van der Waals surface area contributed by atoms with E-state index in [1.807, 2.05) is 0 Å². The first-order valence-corrected chi connectivity index (χ1v) is 4.03. The maximum absolute atomic E-state index is 11.1. The van der Waals surface area contributed by atoms with E-state index in [4.69, 9.17) is 5.11 Å². The third kappa shape index (κ3) is 4.97. The van der Waals surface area contributed by atoms with Crippen molar-refractivity contribution in [3.63, 3.8) is 0 Å². The van der Waals surface area contributed by atoms with Crippen molar-refractivity contribution in [3.8, 4) is 0 Å². The van der Waals surface area contributed by atoms with E-state index < -0.39 is 5.97 Å². The summed E-state index contributed by atoms with van der Waals surface area (Å²) in [5.41, 5.74) is 0. The van der Waals surface area contributed by atoms with Crippen molar-refractivity contribution in [2.24, 2.45) is 0 Å². The standard InChI is InChI=1S/C6H12N2O3S/c1-7(2)12-6(11)8(3)4-5(9)10/h4H2,1-3H3,(H,9,10). The number of carbonyl (C=O) groups is 2. The molecule has 6 heteroatoms. The SMILES string of the molecule is CN(C)SC(=O)N(C)CC(=O)O. The Morgan fingerprint density at radius 3 is 2.17 bits per heavy atom. The van der Waals surface area contributed by atoms with Gasteiger partial charge in [-0.3, -0.25) is 9.59 Å². The van der Waals surface area contributed by atoms with E-state index in [1.165, 1.54) is 7.05 Å². The molecule has 0 aromatic rings. The molecule has 0 atom stereocenters. The maximum Gasteiger partial charge on any atom is 0.323 e. The molecule has 0 bridgehead atoms. The Morgan fingerprint density at radius 2 is 1.83 bits per heavy atom. The van der Waals surface area contributed by atoms with Crippen LogP contribution in [0.5, 0.6) is 0 Å². The molecule has 0 rings (SSSR count). The lowest BCUT2D eigenvalue weighted by atomic mass is 10.6. The maximum atomic E-state index is 11.1. The van der Waals surface area contributed by atoms with Gasteiger partial charge in [-0.25, -0.2) is 4.31 Å². The fraction of sp³-hybridized carbons (Fsp3) is 0.667. The summed E-state index contributed by atoms with van der Waals surface area (Å²) in [4.78, 5) is 22.4. The molecule has 12 heavy (non-hydrogen) atoms. The predicted octanol–water partition coefficient (Wildman–Crippen LogP) is 0.333. The number of aliphatic carboxylic acids is 1. The molecule has 0 aliphatic heterocycles. The summed E-state index contributed by atoms with van der Waals surface area (Å²) in [5, 5.41) is 8.07. The van der Waals surface area contributed by atoms with Gasteiger partial charge in [0.15, 0.2) is 0 Å². The van der Waals surface area contributed by atoms with E-state index in [2.05, 4.69) is 0 Å². The second-order valence-electron chi connectivity index (χ2n) is 2.42. The van der Waals surface area contributed by atoms with Crippen LogP contribution in [0.25, 0.3) is 0 Å². The number of rotatable bonds is 3. The van der Waals surface area contributed by atoms with E-state index in [0.29, 0.717) is 0 Å². The normalized spacial score (nSPS) is 10.0. The molecule has 0 aliphatic rings. The second kappa shape index (κ2) is 5.00. The molecule has 1 N–H and O–H groups in total. The van der Waals surface area contributed by atoms with E-state index in [-0.39, 0.29) is 11.8 Å². The first kappa shape index (κ1) is 11.2. The molecule has 0 radical (unpaired) electrons. The predicted molar refractivity (Wildman–Crippen MR) is 46.9 cm³/mol. The average molecular weight is 192 g/mol. The third-order valence-electron chi connectivity index (χ3n) is 0.945. The molecule has 70 valence electrons. The van der Waals surface area contributed by atoms with E-state index in [1.54, 1.807) is 18.4 Å². The van der Waals surface area contributed by atoms with Crippen molar-refractivity contribution in [1.82, 2.24) is 9.21 Å². The molecule has 0 fully saturated rings. The Kier molecular flexibility index (Phi) is 4.68. The fourth-order valence-corrected chi connectivity index (χ4v) is 1.01. The molecule has 0 heterocycles. The largest absolute Gasteiger partial charge is 0.480 e. The van der Waals surface area contributed by atoms with Crippen molar-refractivity contribution in [3.05, 3.63) is 0 Å². The van der Waals surface area contributed by atoms with Gasteiger partial charge in [-0.2, -0.15) is 0 Å². The molecule has 0 spiro atoms. The minimum atomic E-state index is -1.01. The van der Waals surface area contributed by atoms with E-state index >= 15 is 0 Å². The highest BCUT2D eigenvalue weighted by atomic mass is 32.2. The summed E-state index contributed by atoms with van der Waals surface area (Å²) in [6, 6.07) is 0. The lowest BCUT2D eigenvalue weighted by Gasteiger charge is -2.15. The first-order chi connectivity index (χ1) is 5.43. The molecule has 0 unspecified atom stereocenters. The van der Waals surface area contributed by atoms with Gasteiger partial charge in [0.05, 0.1) is 0 Å². The number of likely N-dealkylation sites (N-methyl/N-ethyl adjacent to an activating group) is 1. The van der Waals surface area contributed by atoms with Crippen molar-refractivity contribution >= 4 is 23.2 Å². The van der Waals surface area contributed by atoms with Gasteiger partial charge in [0.25, 0.3) is 5.24 Å². The molecule has 5 nitrogen and oxygen atoms in total. The minimum absolute atomic E-state index is 0.264. The van der Waals surface area contributed by atoms with Crippen LogP contribution in [0.15, 0.2) is 0 Å². The van der Waals surface area contributed by atoms with Crippen LogP contribution in [-0.4, -0.2) is 53.2 Å². The Hall–Kier alpha value is -0.750. The summed E-state index contributed by atoms with van der Waals surface area (Å²) in [6.07, 6.45) is 0. The highest BCUT2D eigenvalue weighted by molar-refractivity contribution is 8.11. The van der Waals surface area contributed by atoms with Gasteiger partial charge in [-0.05, 0) is 14.1 Å². The Balaban J connectivity index is 3.85. The van der Waals surface area contributed by atoms with Crippen LogP contribution in [0, 0.1) is 0 Å². The van der Waals surface area contributed by atoms with E-state index in [0.717, 1.165) is 16.8 Å². The molecule has 0 saturated carbocycles. The number of hydrogen-bond donors (Lipinski definition) is 1. The molecule has 0 aromatic carbocycles. The summed E-state index contributed by atoms with van der Waals surface area (Å²) in [7, 11) is 4.89. The minimum Gasteiger partial charge on any atom is -0.480 e. The molecule has 0 aliphatic carbocycles. The van der Waals surface area contributed by atoms with Gasteiger partial charge in [-0.1, -0.05) is 0 Å². The van der Waals surface area contributed by atoms with Gasteiger partial charge in [0.2, 0.25) is 0 Å². The average Bonchev–Trinajstić information content (AvgIpc) is 1.84. The lowest BCUT2D eigenvalue weighted by Crippen LogP contribution is -2.30. The highest BCUT2D eigenvalue weighted by Gasteiger charge is 2.13. The summed E-state index contributed by atoms with van der Waals surface area (Å²) < 4.78 is 1.61. The summed E-state index contributed by atoms with van der Waals surface area (Å²) in [6.45, 7) is -0.264. The molecular weight excluding hydrogens is 180 g/mol. The van der Waals surface area contributed by atoms with Crippen molar-refractivity contribution in [2.45, 2.75) is 0 Å². The van der Waals surface area contributed by atoms with Gasteiger partial charge in [-0.15, -0.1) is 0 Å². The van der Waals surface area contributed by atoms with Crippen LogP contribution in [0.2, 0.25) is 0 Å². The number of carboxylic acids is 1.